The first kappa shape index (κ1) is 14.0. The van der Waals surface area contributed by atoms with Gasteiger partial charge in [-0.2, -0.15) is 0 Å². The molecule has 98 valence electrons. The smallest absolute Gasteiger partial charge is 0.253 e. The van der Waals surface area contributed by atoms with Crippen LogP contribution >= 0.6 is 0 Å². The molecule has 0 aromatic carbocycles. The highest BCUT2D eigenvalue weighted by Gasteiger charge is 2.13. The van der Waals surface area contributed by atoms with Crippen molar-refractivity contribution >= 4 is 11.7 Å². The second-order valence-corrected chi connectivity index (χ2v) is 4.22. The Kier molecular flexibility index (Phi) is 4.65. The summed E-state index contributed by atoms with van der Waals surface area (Å²) >= 11 is 0. The number of aromatic nitrogens is 1. The van der Waals surface area contributed by atoms with Crippen molar-refractivity contribution in [2.75, 3.05) is 6.54 Å². The minimum Gasteiger partial charge on any atom is -0.409 e. The highest BCUT2D eigenvalue weighted by Crippen LogP contribution is 2.06. The van der Waals surface area contributed by atoms with Crippen LogP contribution in [-0.2, 0) is 0 Å². The van der Waals surface area contributed by atoms with Crippen LogP contribution in [0.4, 0.5) is 0 Å². The van der Waals surface area contributed by atoms with Gasteiger partial charge in [0.05, 0.1) is 11.3 Å². The average molecular weight is 250 g/mol. The van der Waals surface area contributed by atoms with Crippen molar-refractivity contribution < 1.29 is 10.0 Å². The zero-order valence-corrected chi connectivity index (χ0v) is 10.8. The monoisotopic (exact) mass is 250 g/mol. The van der Waals surface area contributed by atoms with Gasteiger partial charge in [0.1, 0.15) is 5.84 Å². The van der Waals surface area contributed by atoms with Crippen molar-refractivity contribution in [3.8, 4) is 0 Å². The van der Waals surface area contributed by atoms with E-state index in [0.717, 1.165) is 5.69 Å². The number of carbonyl (C=O) groups is 1. The molecule has 1 aromatic rings. The number of pyridine rings is 1. The lowest BCUT2D eigenvalue weighted by molar-refractivity contribution is 0.0950. The van der Waals surface area contributed by atoms with E-state index in [4.69, 9.17) is 10.9 Å². The van der Waals surface area contributed by atoms with Gasteiger partial charge in [0.2, 0.25) is 0 Å². The van der Waals surface area contributed by atoms with Crippen molar-refractivity contribution in [1.82, 2.24) is 10.3 Å². The normalized spacial score (nSPS) is 13.2. The molecule has 0 aliphatic rings. The zero-order valence-electron chi connectivity index (χ0n) is 10.8. The summed E-state index contributed by atoms with van der Waals surface area (Å²) in [6, 6.07) is 3.52. The summed E-state index contributed by atoms with van der Waals surface area (Å²) in [5, 5.41) is 14.1. The summed E-state index contributed by atoms with van der Waals surface area (Å²) in [5.41, 5.74) is 7.52. The van der Waals surface area contributed by atoms with E-state index >= 15 is 0 Å². The average Bonchev–Trinajstić information content (AvgIpc) is 2.34. The van der Waals surface area contributed by atoms with Crippen LogP contribution in [0.15, 0.2) is 17.3 Å². The highest BCUT2D eigenvalue weighted by atomic mass is 16.4. The number of carbonyl (C=O) groups excluding carboxylic acids is 1. The van der Waals surface area contributed by atoms with Crippen molar-refractivity contribution in [3.63, 3.8) is 0 Å². The van der Waals surface area contributed by atoms with E-state index < -0.39 is 0 Å². The molecule has 0 saturated carbocycles. The Bertz CT molecular complexity index is 471. The predicted octanol–water partition coefficient (Wildman–Crippen LogP) is 0.811. The van der Waals surface area contributed by atoms with E-state index in [1.54, 1.807) is 26.0 Å². The topological polar surface area (TPSA) is 101 Å². The number of amides is 1. The molecule has 0 radical (unpaired) electrons. The first-order chi connectivity index (χ1) is 8.45. The molecule has 0 fully saturated rings. The predicted molar refractivity (Wildman–Crippen MR) is 68.6 cm³/mol. The molecule has 0 spiro atoms. The molecule has 0 aliphatic heterocycles. The molecule has 0 aliphatic carbocycles. The summed E-state index contributed by atoms with van der Waals surface area (Å²) in [4.78, 5) is 16.1. The fraction of sp³-hybridized carbons (Fsp3) is 0.417. The molecular weight excluding hydrogens is 232 g/mol. The SMILES string of the molecule is Cc1ccc(C(=O)NCC(C)C(N)=NO)c(C)n1. The van der Waals surface area contributed by atoms with E-state index in [0.29, 0.717) is 17.8 Å². The first-order valence-electron chi connectivity index (χ1n) is 5.65. The molecular formula is C12H18N4O2. The fourth-order valence-electron chi connectivity index (χ4n) is 1.47. The number of rotatable bonds is 4. The highest BCUT2D eigenvalue weighted by molar-refractivity contribution is 5.95. The summed E-state index contributed by atoms with van der Waals surface area (Å²) in [6.07, 6.45) is 0. The third-order valence-corrected chi connectivity index (χ3v) is 2.66. The largest absolute Gasteiger partial charge is 0.409 e. The molecule has 1 atom stereocenters. The van der Waals surface area contributed by atoms with Crippen molar-refractivity contribution in [2.45, 2.75) is 20.8 Å². The molecule has 18 heavy (non-hydrogen) atoms. The van der Waals surface area contributed by atoms with Crippen LogP contribution in [0.1, 0.15) is 28.7 Å². The number of nitrogens with zero attached hydrogens (tertiary/aromatic N) is 2. The van der Waals surface area contributed by atoms with Crippen molar-refractivity contribution in [2.24, 2.45) is 16.8 Å². The number of amidine groups is 1. The Labute approximate surface area is 106 Å². The minimum absolute atomic E-state index is 0.0917. The molecule has 4 N–H and O–H groups in total. The van der Waals surface area contributed by atoms with Crippen LogP contribution in [-0.4, -0.2) is 28.5 Å². The molecule has 1 aromatic heterocycles. The Morgan fingerprint density at radius 3 is 2.78 bits per heavy atom. The van der Waals surface area contributed by atoms with Gasteiger partial charge in [-0.05, 0) is 26.0 Å². The lowest BCUT2D eigenvalue weighted by Crippen LogP contribution is -2.35. The molecule has 1 heterocycles. The lowest BCUT2D eigenvalue weighted by atomic mass is 10.1. The number of nitrogens with two attached hydrogens (primary N) is 1. The maximum absolute atomic E-state index is 11.9. The van der Waals surface area contributed by atoms with Gasteiger partial charge in [0.25, 0.3) is 5.91 Å². The molecule has 0 saturated heterocycles. The summed E-state index contributed by atoms with van der Waals surface area (Å²) in [6.45, 7) is 5.72. The quantitative estimate of drug-likeness (QED) is 0.318. The second kappa shape index (κ2) is 6.00. The summed E-state index contributed by atoms with van der Waals surface area (Å²) in [5.74, 6) is -0.343. The van der Waals surface area contributed by atoms with Gasteiger partial charge in [-0.25, -0.2) is 0 Å². The van der Waals surface area contributed by atoms with E-state index in [1.807, 2.05) is 6.92 Å². The zero-order chi connectivity index (χ0) is 13.7. The maximum Gasteiger partial charge on any atom is 0.253 e. The number of aryl methyl sites for hydroxylation is 2. The van der Waals surface area contributed by atoms with Crippen LogP contribution < -0.4 is 11.1 Å². The van der Waals surface area contributed by atoms with Crippen LogP contribution in [0, 0.1) is 19.8 Å². The molecule has 0 bridgehead atoms. The van der Waals surface area contributed by atoms with E-state index in [2.05, 4.69) is 15.5 Å². The van der Waals surface area contributed by atoms with Crippen molar-refractivity contribution in [1.29, 1.82) is 0 Å². The maximum atomic E-state index is 11.9. The van der Waals surface area contributed by atoms with Gasteiger partial charge in [-0.1, -0.05) is 12.1 Å². The number of nitrogens with one attached hydrogen (secondary N) is 1. The third-order valence-electron chi connectivity index (χ3n) is 2.66. The number of hydrogen-bond donors (Lipinski definition) is 3. The summed E-state index contributed by atoms with van der Waals surface area (Å²) < 4.78 is 0. The molecule has 6 nitrogen and oxygen atoms in total. The Morgan fingerprint density at radius 1 is 1.56 bits per heavy atom. The standard InChI is InChI=1S/C12H18N4O2/c1-7(11(13)16-18)6-14-12(17)10-5-4-8(2)15-9(10)3/h4-5,7,18H,6H2,1-3H3,(H2,13,16)(H,14,17). The van der Waals surface area contributed by atoms with Crippen molar-refractivity contribution in [3.05, 3.63) is 29.1 Å². The summed E-state index contributed by atoms with van der Waals surface area (Å²) in [7, 11) is 0. The van der Waals surface area contributed by atoms with E-state index in [9.17, 15) is 4.79 Å². The first-order valence-corrected chi connectivity index (χ1v) is 5.65. The Balaban J connectivity index is 2.66. The van der Waals surface area contributed by atoms with Gasteiger partial charge in [0.15, 0.2) is 0 Å². The minimum atomic E-state index is -0.224. The van der Waals surface area contributed by atoms with Crippen LogP contribution in [0.25, 0.3) is 0 Å². The molecule has 1 rings (SSSR count). The van der Waals surface area contributed by atoms with Gasteiger partial charge in [-0.3, -0.25) is 9.78 Å². The lowest BCUT2D eigenvalue weighted by Gasteiger charge is -2.12. The van der Waals surface area contributed by atoms with E-state index in [-0.39, 0.29) is 17.7 Å². The number of hydrogen-bond acceptors (Lipinski definition) is 4. The Hall–Kier alpha value is -2.11. The second-order valence-electron chi connectivity index (χ2n) is 4.22. The molecule has 1 amide bonds. The van der Waals surface area contributed by atoms with Gasteiger partial charge in [-0.15, -0.1) is 0 Å². The fourth-order valence-corrected chi connectivity index (χ4v) is 1.47. The molecule has 1 unspecified atom stereocenters. The number of oxime groups is 1. The van der Waals surface area contributed by atoms with Crippen LogP contribution in [0.5, 0.6) is 0 Å². The van der Waals surface area contributed by atoms with Gasteiger partial charge < -0.3 is 16.3 Å². The molecule has 6 heteroatoms. The van der Waals surface area contributed by atoms with Crippen LogP contribution in [0.2, 0.25) is 0 Å². The Morgan fingerprint density at radius 2 is 2.22 bits per heavy atom. The van der Waals surface area contributed by atoms with E-state index in [1.165, 1.54) is 0 Å². The third kappa shape index (κ3) is 3.44. The van der Waals surface area contributed by atoms with Gasteiger partial charge >= 0.3 is 0 Å². The van der Waals surface area contributed by atoms with Gasteiger partial charge in [0, 0.05) is 18.2 Å². The van der Waals surface area contributed by atoms with Crippen LogP contribution in [0.3, 0.4) is 0 Å².